The number of rotatable bonds is 4. The van der Waals surface area contributed by atoms with Gasteiger partial charge in [-0.2, -0.15) is 0 Å². The molecule has 0 saturated carbocycles. The van der Waals surface area contributed by atoms with Gasteiger partial charge >= 0.3 is 6.03 Å². The number of benzene rings is 1. The summed E-state index contributed by atoms with van der Waals surface area (Å²) in [6, 6.07) is 5.82. The van der Waals surface area contributed by atoms with Crippen LogP contribution in [0.4, 0.5) is 15.0 Å². The highest BCUT2D eigenvalue weighted by Gasteiger charge is 2.18. The van der Waals surface area contributed by atoms with E-state index in [0.717, 1.165) is 10.6 Å². The Bertz CT molecular complexity index is 875. The summed E-state index contributed by atoms with van der Waals surface area (Å²) in [5.41, 5.74) is 3.48. The van der Waals surface area contributed by atoms with Crippen molar-refractivity contribution in [3.8, 4) is 11.3 Å². The Morgan fingerprint density at radius 1 is 1.33 bits per heavy atom. The SMILES string of the molecule is Cc1ncsc1CNC(=O)Nc1noc(-c2ccccc2F)c1C. The Labute approximate surface area is 141 Å². The van der Waals surface area contributed by atoms with Crippen molar-refractivity contribution in [1.29, 1.82) is 0 Å². The molecule has 3 rings (SSSR count). The molecule has 0 spiro atoms. The lowest BCUT2D eigenvalue weighted by atomic mass is 10.1. The maximum absolute atomic E-state index is 13.9. The standard InChI is InChI=1S/C16H15FN4O2S/c1-9-14(11-5-3-4-6-12(11)17)23-21-15(9)20-16(22)18-7-13-10(2)19-8-24-13/h3-6,8H,7H2,1-2H3,(H2,18,20,21,22). The molecule has 3 aromatic rings. The van der Waals surface area contributed by atoms with E-state index in [4.69, 9.17) is 4.52 Å². The first-order valence-electron chi connectivity index (χ1n) is 7.21. The van der Waals surface area contributed by atoms with Crippen LogP contribution in [0.25, 0.3) is 11.3 Å². The summed E-state index contributed by atoms with van der Waals surface area (Å²) in [5.74, 6) is 0.141. The number of urea groups is 1. The average molecular weight is 346 g/mol. The first-order chi connectivity index (χ1) is 11.6. The third-order valence-corrected chi connectivity index (χ3v) is 4.46. The minimum absolute atomic E-state index is 0.256. The molecule has 8 heteroatoms. The molecule has 2 heterocycles. The molecule has 2 amide bonds. The Morgan fingerprint density at radius 2 is 2.12 bits per heavy atom. The molecule has 0 radical (unpaired) electrons. The number of hydrogen-bond acceptors (Lipinski definition) is 5. The van der Waals surface area contributed by atoms with Gasteiger partial charge in [0.25, 0.3) is 0 Å². The van der Waals surface area contributed by atoms with Crippen molar-refractivity contribution in [2.24, 2.45) is 0 Å². The van der Waals surface area contributed by atoms with Crippen molar-refractivity contribution < 1.29 is 13.7 Å². The predicted molar refractivity (Wildman–Crippen MR) is 89.3 cm³/mol. The molecule has 0 aliphatic rings. The van der Waals surface area contributed by atoms with Crippen LogP contribution in [-0.2, 0) is 6.54 Å². The van der Waals surface area contributed by atoms with E-state index in [2.05, 4.69) is 20.8 Å². The van der Waals surface area contributed by atoms with Crippen LogP contribution >= 0.6 is 11.3 Å². The number of amides is 2. The zero-order chi connectivity index (χ0) is 17.1. The van der Waals surface area contributed by atoms with Crippen LogP contribution in [0.15, 0.2) is 34.3 Å². The van der Waals surface area contributed by atoms with Crippen LogP contribution in [0.2, 0.25) is 0 Å². The molecule has 2 aromatic heterocycles. The van der Waals surface area contributed by atoms with Gasteiger partial charge in [-0.3, -0.25) is 5.32 Å². The summed E-state index contributed by atoms with van der Waals surface area (Å²) in [4.78, 5) is 17.1. The van der Waals surface area contributed by atoms with Gasteiger partial charge in [-0.25, -0.2) is 14.2 Å². The molecule has 0 bridgehead atoms. The molecule has 1 aromatic carbocycles. The zero-order valence-corrected chi connectivity index (χ0v) is 13.9. The van der Waals surface area contributed by atoms with Gasteiger partial charge in [-0.15, -0.1) is 11.3 Å². The zero-order valence-electron chi connectivity index (χ0n) is 13.1. The van der Waals surface area contributed by atoms with Crippen LogP contribution < -0.4 is 10.6 Å². The van der Waals surface area contributed by atoms with Crippen LogP contribution in [0.3, 0.4) is 0 Å². The minimum Gasteiger partial charge on any atom is -0.354 e. The average Bonchev–Trinajstić information content (AvgIpc) is 3.13. The summed E-state index contributed by atoms with van der Waals surface area (Å²) < 4.78 is 19.0. The van der Waals surface area contributed by atoms with Crippen molar-refractivity contribution >= 4 is 23.2 Å². The second-order valence-electron chi connectivity index (χ2n) is 5.13. The van der Waals surface area contributed by atoms with Crippen molar-refractivity contribution in [3.05, 3.63) is 51.7 Å². The molecule has 0 saturated heterocycles. The van der Waals surface area contributed by atoms with Crippen molar-refractivity contribution in [1.82, 2.24) is 15.5 Å². The molecule has 0 atom stereocenters. The van der Waals surface area contributed by atoms with Gasteiger partial charge in [0, 0.05) is 10.4 Å². The first-order valence-corrected chi connectivity index (χ1v) is 8.09. The van der Waals surface area contributed by atoms with Gasteiger partial charge in [0.2, 0.25) is 0 Å². The van der Waals surface area contributed by atoms with Gasteiger partial charge in [0.05, 0.1) is 23.3 Å². The van der Waals surface area contributed by atoms with E-state index in [1.807, 2.05) is 6.92 Å². The molecular weight excluding hydrogens is 331 g/mol. The number of anilines is 1. The molecule has 6 nitrogen and oxygen atoms in total. The highest BCUT2D eigenvalue weighted by atomic mass is 32.1. The number of aromatic nitrogens is 2. The molecule has 2 N–H and O–H groups in total. The molecule has 124 valence electrons. The topological polar surface area (TPSA) is 80.0 Å². The number of halogens is 1. The van der Waals surface area contributed by atoms with E-state index in [0.29, 0.717) is 23.4 Å². The fourth-order valence-electron chi connectivity index (χ4n) is 2.16. The lowest BCUT2D eigenvalue weighted by Crippen LogP contribution is -2.28. The first kappa shape index (κ1) is 16.1. The predicted octanol–water partition coefficient (Wildman–Crippen LogP) is 3.88. The number of hydrogen-bond donors (Lipinski definition) is 2. The van der Waals surface area contributed by atoms with Gasteiger partial charge in [0.15, 0.2) is 11.6 Å². The fourth-order valence-corrected chi connectivity index (χ4v) is 2.87. The Morgan fingerprint density at radius 3 is 2.83 bits per heavy atom. The van der Waals surface area contributed by atoms with Crippen molar-refractivity contribution in [3.63, 3.8) is 0 Å². The highest BCUT2D eigenvalue weighted by Crippen LogP contribution is 2.30. The summed E-state index contributed by atoms with van der Waals surface area (Å²) in [7, 11) is 0. The number of carbonyl (C=O) groups is 1. The Hall–Kier alpha value is -2.74. The smallest absolute Gasteiger partial charge is 0.320 e. The van der Waals surface area contributed by atoms with Crippen LogP contribution in [0, 0.1) is 19.7 Å². The van der Waals surface area contributed by atoms with Crippen molar-refractivity contribution in [2.45, 2.75) is 20.4 Å². The van der Waals surface area contributed by atoms with Crippen LogP contribution in [0.1, 0.15) is 16.1 Å². The molecule has 0 aliphatic carbocycles. The summed E-state index contributed by atoms with van der Waals surface area (Å²) >= 11 is 1.47. The summed E-state index contributed by atoms with van der Waals surface area (Å²) in [5, 5.41) is 9.15. The quantitative estimate of drug-likeness (QED) is 0.751. The van der Waals surface area contributed by atoms with Crippen LogP contribution in [-0.4, -0.2) is 16.2 Å². The highest BCUT2D eigenvalue weighted by molar-refractivity contribution is 7.09. The van der Waals surface area contributed by atoms with E-state index >= 15 is 0 Å². The van der Waals surface area contributed by atoms with E-state index in [-0.39, 0.29) is 5.82 Å². The van der Waals surface area contributed by atoms with Gasteiger partial charge in [-0.05, 0) is 26.0 Å². The van der Waals surface area contributed by atoms with E-state index in [1.165, 1.54) is 17.4 Å². The Kier molecular flexibility index (Phi) is 4.57. The Balaban J connectivity index is 1.69. The van der Waals surface area contributed by atoms with Gasteiger partial charge < -0.3 is 9.84 Å². The van der Waals surface area contributed by atoms with Gasteiger partial charge in [0.1, 0.15) is 5.82 Å². The van der Waals surface area contributed by atoms with Crippen molar-refractivity contribution in [2.75, 3.05) is 5.32 Å². The van der Waals surface area contributed by atoms with E-state index in [1.54, 1.807) is 30.6 Å². The van der Waals surface area contributed by atoms with E-state index in [9.17, 15) is 9.18 Å². The lowest BCUT2D eigenvalue weighted by Gasteiger charge is -2.05. The number of thiazole rings is 1. The number of aryl methyl sites for hydroxylation is 1. The van der Waals surface area contributed by atoms with Crippen LogP contribution in [0.5, 0.6) is 0 Å². The molecule has 0 fully saturated rings. The molecule has 0 unspecified atom stereocenters. The summed E-state index contributed by atoms with van der Waals surface area (Å²) in [6.07, 6.45) is 0. The molecule has 24 heavy (non-hydrogen) atoms. The third-order valence-electron chi connectivity index (χ3n) is 3.53. The monoisotopic (exact) mass is 346 g/mol. The number of nitrogens with one attached hydrogen (secondary N) is 2. The van der Waals surface area contributed by atoms with E-state index < -0.39 is 11.8 Å². The second-order valence-corrected chi connectivity index (χ2v) is 6.07. The maximum Gasteiger partial charge on any atom is 0.320 e. The second kappa shape index (κ2) is 6.79. The lowest BCUT2D eigenvalue weighted by molar-refractivity contribution is 0.251. The third kappa shape index (κ3) is 3.28. The summed E-state index contributed by atoms with van der Waals surface area (Å²) in [6.45, 7) is 3.97. The fraction of sp³-hybridized carbons (Fsp3) is 0.188. The maximum atomic E-state index is 13.9. The number of nitrogens with zero attached hydrogens (tertiary/aromatic N) is 2. The largest absolute Gasteiger partial charge is 0.354 e. The normalized spacial score (nSPS) is 10.6. The number of carbonyl (C=O) groups excluding carboxylic acids is 1. The van der Waals surface area contributed by atoms with Gasteiger partial charge in [-0.1, -0.05) is 17.3 Å². The minimum atomic E-state index is -0.417. The molecular formula is C16H15FN4O2S. The molecule has 0 aliphatic heterocycles.